The van der Waals surface area contributed by atoms with Gasteiger partial charge in [0.1, 0.15) is 0 Å². The van der Waals surface area contributed by atoms with Crippen LogP contribution in [0.25, 0.3) is 10.9 Å². The van der Waals surface area contributed by atoms with Gasteiger partial charge >= 0.3 is 0 Å². The Hall–Kier alpha value is -2.07. The zero-order chi connectivity index (χ0) is 15.8. The van der Waals surface area contributed by atoms with E-state index in [1.165, 1.54) is 21.4 Å². The van der Waals surface area contributed by atoms with Gasteiger partial charge in [0.25, 0.3) is 0 Å². The molecule has 1 aliphatic rings. The number of fused-ring (bicyclic) bond motifs is 2. The summed E-state index contributed by atoms with van der Waals surface area (Å²) in [6.45, 7) is 3.00. The molecule has 0 aliphatic carbocycles. The normalized spacial score (nSPS) is 17.4. The summed E-state index contributed by atoms with van der Waals surface area (Å²) >= 11 is 1.81. The molecule has 3 heterocycles. The van der Waals surface area contributed by atoms with Crippen molar-refractivity contribution in [2.75, 3.05) is 6.54 Å². The van der Waals surface area contributed by atoms with Gasteiger partial charge < -0.3 is 9.88 Å². The van der Waals surface area contributed by atoms with Crippen molar-refractivity contribution in [3.05, 3.63) is 57.9 Å². The van der Waals surface area contributed by atoms with Crippen molar-refractivity contribution in [2.24, 2.45) is 0 Å². The molecule has 0 saturated heterocycles. The van der Waals surface area contributed by atoms with Crippen LogP contribution >= 0.6 is 11.3 Å². The Bertz CT molecular complexity index is 848. The van der Waals surface area contributed by atoms with Crippen molar-refractivity contribution in [2.45, 2.75) is 32.2 Å². The minimum absolute atomic E-state index is 0.209. The van der Waals surface area contributed by atoms with Crippen LogP contribution in [-0.4, -0.2) is 22.3 Å². The molecule has 1 amide bonds. The van der Waals surface area contributed by atoms with E-state index in [0.717, 1.165) is 24.9 Å². The zero-order valence-electron chi connectivity index (χ0n) is 13.2. The van der Waals surface area contributed by atoms with Gasteiger partial charge in [0, 0.05) is 34.9 Å². The Kier molecular flexibility index (Phi) is 3.69. The predicted octanol–water partition coefficient (Wildman–Crippen LogP) is 4.31. The summed E-state index contributed by atoms with van der Waals surface area (Å²) in [6.07, 6.45) is 4.40. The third-order valence-electron chi connectivity index (χ3n) is 4.88. The Balaban J connectivity index is 1.46. The lowest BCUT2D eigenvalue weighted by atomic mass is 10.0. The first-order valence-corrected chi connectivity index (χ1v) is 9.03. The molecule has 1 N–H and O–H groups in total. The summed E-state index contributed by atoms with van der Waals surface area (Å²) in [6, 6.07) is 10.6. The molecule has 2 aromatic heterocycles. The van der Waals surface area contributed by atoms with E-state index in [9.17, 15) is 4.79 Å². The molecule has 0 spiro atoms. The maximum Gasteiger partial charge on any atom is 0.223 e. The molecule has 1 atom stereocenters. The number of rotatable bonds is 3. The van der Waals surface area contributed by atoms with Crippen LogP contribution in [0.2, 0.25) is 0 Å². The molecule has 0 radical (unpaired) electrons. The lowest BCUT2D eigenvalue weighted by molar-refractivity contribution is -0.133. The summed E-state index contributed by atoms with van der Waals surface area (Å²) < 4.78 is 0. The number of benzene rings is 1. The smallest absolute Gasteiger partial charge is 0.223 e. The van der Waals surface area contributed by atoms with Gasteiger partial charge in [-0.15, -0.1) is 11.3 Å². The van der Waals surface area contributed by atoms with Crippen LogP contribution in [0.5, 0.6) is 0 Å². The second-order valence-electron chi connectivity index (χ2n) is 6.17. The molecule has 0 saturated carbocycles. The molecular formula is C19H20N2OS. The first-order chi connectivity index (χ1) is 11.2. The third-order valence-corrected chi connectivity index (χ3v) is 5.88. The molecule has 0 bridgehead atoms. The Labute approximate surface area is 139 Å². The van der Waals surface area contributed by atoms with Crippen LogP contribution in [-0.2, 0) is 17.6 Å². The standard InChI is InChI=1S/C19H20N2OS/c1-13-15-9-11-23-18(15)8-10-21(13)19(22)7-6-14-12-20-17-5-3-2-4-16(14)17/h2-5,9,11-13,20H,6-8,10H2,1H3/t13-/m1/s1. The van der Waals surface area contributed by atoms with E-state index in [1.807, 2.05) is 34.6 Å². The first kappa shape index (κ1) is 14.5. The average molecular weight is 324 g/mol. The van der Waals surface area contributed by atoms with Gasteiger partial charge in [-0.2, -0.15) is 0 Å². The highest BCUT2D eigenvalue weighted by Crippen LogP contribution is 2.33. The number of amides is 1. The molecule has 0 unspecified atom stereocenters. The third kappa shape index (κ3) is 2.57. The monoisotopic (exact) mass is 324 g/mol. The van der Waals surface area contributed by atoms with Gasteiger partial charge in [0.05, 0.1) is 6.04 Å². The number of nitrogens with zero attached hydrogens (tertiary/aromatic N) is 1. The number of thiophene rings is 1. The summed E-state index contributed by atoms with van der Waals surface area (Å²) in [7, 11) is 0. The molecule has 118 valence electrons. The number of hydrogen-bond donors (Lipinski definition) is 1. The Morgan fingerprint density at radius 3 is 3.13 bits per heavy atom. The number of para-hydroxylation sites is 1. The summed E-state index contributed by atoms with van der Waals surface area (Å²) in [5, 5.41) is 3.37. The molecule has 1 aromatic carbocycles. The molecule has 1 aliphatic heterocycles. The van der Waals surface area contributed by atoms with Crippen molar-refractivity contribution < 1.29 is 4.79 Å². The van der Waals surface area contributed by atoms with E-state index in [4.69, 9.17) is 0 Å². The van der Waals surface area contributed by atoms with Crippen LogP contribution in [0.1, 0.15) is 35.4 Å². The highest BCUT2D eigenvalue weighted by molar-refractivity contribution is 7.10. The summed E-state index contributed by atoms with van der Waals surface area (Å²) in [5.41, 5.74) is 3.71. The van der Waals surface area contributed by atoms with Gasteiger partial charge in [-0.1, -0.05) is 18.2 Å². The van der Waals surface area contributed by atoms with Crippen molar-refractivity contribution in [3.8, 4) is 0 Å². The number of aryl methyl sites for hydroxylation is 1. The number of carbonyl (C=O) groups excluding carboxylic acids is 1. The topological polar surface area (TPSA) is 36.1 Å². The molecule has 4 heteroatoms. The SMILES string of the molecule is C[C@@H]1c2ccsc2CCN1C(=O)CCc1c[nH]c2ccccc12. The predicted molar refractivity (Wildman–Crippen MR) is 94.8 cm³/mol. The number of aromatic amines is 1. The number of carbonyl (C=O) groups is 1. The van der Waals surface area contributed by atoms with Gasteiger partial charge in [0.15, 0.2) is 0 Å². The summed E-state index contributed by atoms with van der Waals surface area (Å²) in [4.78, 5) is 19.5. The lowest BCUT2D eigenvalue weighted by Crippen LogP contribution is -2.38. The molecule has 23 heavy (non-hydrogen) atoms. The molecular weight excluding hydrogens is 304 g/mol. The van der Waals surface area contributed by atoms with E-state index in [2.05, 4.69) is 35.5 Å². The molecule has 3 nitrogen and oxygen atoms in total. The fourth-order valence-corrected chi connectivity index (χ4v) is 4.54. The largest absolute Gasteiger partial charge is 0.361 e. The highest BCUT2D eigenvalue weighted by Gasteiger charge is 2.27. The minimum atomic E-state index is 0.209. The first-order valence-electron chi connectivity index (χ1n) is 8.15. The van der Waals surface area contributed by atoms with Crippen molar-refractivity contribution in [3.63, 3.8) is 0 Å². The number of hydrogen-bond acceptors (Lipinski definition) is 2. The van der Waals surface area contributed by atoms with Gasteiger partial charge in [0.2, 0.25) is 5.91 Å². The fraction of sp³-hybridized carbons (Fsp3) is 0.316. The zero-order valence-corrected chi connectivity index (χ0v) is 14.0. The van der Waals surface area contributed by atoms with E-state index >= 15 is 0 Å². The van der Waals surface area contributed by atoms with Gasteiger partial charge in [-0.05, 0) is 48.4 Å². The van der Waals surface area contributed by atoms with E-state index in [1.54, 1.807) is 0 Å². The number of nitrogens with one attached hydrogen (secondary N) is 1. The van der Waals surface area contributed by atoms with Gasteiger partial charge in [-0.25, -0.2) is 0 Å². The Morgan fingerprint density at radius 1 is 1.35 bits per heavy atom. The average Bonchev–Trinajstić information content (AvgIpc) is 3.20. The van der Waals surface area contributed by atoms with E-state index < -0.39 is 0 Å². The van der Waals surface area contributed by atoms with E-state index in [-0.39, 0.29) is 11.9 Å². The Morgan fingerprint density at radius 2 is 2.22 bits per heavy atom. The van der Waals surface area contributed by atoms with Crippen LogP contribution < -0.4 is 0 Å². The van der Waals surface area contributed by atoms with Crippen molar-refractivity contribution >= 4 is 28.1 Å². The second-order valence-corrected chi connectivity index (χ2v) is 7.17. The van der Waals surface area contributed by atoms with Gasteiger partial charge in [-0.3, -0.25) is 4.79 Å². The van der Waals surface area contributed by atoms with Crippen LogP contribution in [0, 0.1) is 0 Å². The van der Waals surface area contributed by atoms with Crippen LogP contribution in [0.4, 0.5) is 0 Å². The minimum Gasteiger partial charge on any atom is -0.361 e. The van der Waals surface area contributed by atoms with Crippen LogP contribution in [0.3, 0.4) is 0 Å². The molecule has 0 fully saturated rings. The van der Waals surface area contributed by atoms with Crippen molar-refractivity contribution in [1.82, 2.24) is 9.88 Å². The maximum atomic E-state index is 12.7. The molecule has 4 rings (SSSR count). The maximum absolute atomic E-state index is 12.7. The number of H-pyrrole nitrogens is 1. The lowest BCUT2D eigenvalue weighted by Gasteiger charge is -2.33. The quantitative estimate of drug-likeness (QED) is 0.766. The number of aromatic nitrogens is 1. The van der Waals surface area contributed by atoms with Crippen LogP contribution in [0.15, 0.2) is 41.9 Å². The fourth-order valence-electron chi connectivity index (χ4n) is 3.57. The van der Waals surface area contributed by atoms with Crippen molar-refractivity contribution in [1.29, 1.82) is 0 Å². The summed E-state index contributed by atoms with van der Waals surface area (Å²) in [5.74, 6) is 0.264. The molecule has 3 aromatic rings. The highest BCUT2D eigenvalue weighted by atomic mass is 32.1. The van der Waals surface area contributed by atoms with E-state index in [0.29, 0.717) is 6.42 Å². The second kappa shape index (κ2) is 5.85.